The van der Waals surface area contributed by atoms with E-state index in [1.807, 2.05) is 0 Å². The zero-order valence-corrected chi connectivity index (χ0v) is 17.3. The Kier molecular flexibility index (Phi) is 5.12. The Morgan fingerprint density at radius 3 is 2.77 bits per heavy atom. The van der Waals surface area contributed by atoms with E-state index in [0.717, 1.165) is 11.8 Å². The van der Waals surface area contributed by atoms with E-state index in [9.17, 15) is 18.3 Å². The quantitative estimate of drug-likeness (QED) is 0.645. The van der Waals surface area contributed by atoms with Crippen molar-refractivity contribution in [2.24, 2.45) is 0 Å². The summed E-state index contributed by atoms with van der Waals surface area (Å²) in [5.41, 5.74) is 2.78. The minimum atomic E-state index is -3.38. The van der Waals surface area contributed by atoms with Crippen LogP contribution in [-0.4, -0.2) is 69.7 Å². The Bertz CT molecular complexity index is 1220. The summed E-state index contributed by atoms with van der Waals surface area (Å²) in [4.78, 5) is 30.3. The van der Waals surface area contributed by atoms with E-state index in [-0.39, 0.29) is 10.8 Å². The fraction of sp³-hybridized carbons (Fsp3) is 0.300. The summed E-state index contributed by atoms with van der Waals surface area (Å²) in [7, 11) is -3.38. The number of aryl methyl sites for hydroxylation is 1. The van der Waals surface area contributed by atoms with E-state index in [4.69, 9.17) is 0 Å². The maximum absolute atomic E-state index is 12.7. The molecule has 9 nitrogen and oxygen atoms in total. The molecule has 0 radical (unpaired) electrons. The van der Waals surface area contributed by atoms with Gasteiger partial charge in [0.1, 0.15) is 11.4 Å². The van der Waals surface area contributed by atoms with Gasteiger partial charge in [0, 0.05) is 49.2 Å². The lowest BCUT2D eigenvalue weighted by molar-refractivity contribution is 0.0759. The number of imidazole rings is 1. The van der Waals surface area contributed by atoms with E-state index in [2.05, 4.69) is 19.9 Å². The van der Waals surface area contributed by atoms with Crippen LogP contribution in [0.4, 0.5) is 0 Å². The Morgan fingerprint density at radius 1 is 1.27 bits per heavy atom. The molecule has 0 saturated carbocycles. The molecule has 4 heterocycles. The Labute approximate surface area is 173 Å². The Morgan fingerprint density at radius 2 is 2.07 bits per heavy atom. The van der Waals surface area contributed by atoms with Gasteiger partial charge >= 0.3 is 0 Å². The average Bonchev–Trinajstić information content (AvgIpc) is 3.33. The summed E-state index contributed by atoms with van der Waals surface area (Å²) in [6.07, 6.45) is 5.68. The number of pyridine rings is 2. The van der Waals surface area contributed by atoms with Gasteiger partial charge in [-0.15, -0.1) is 0 Å². The maximum atomic E-state index is 12.7. The fourth-order valence-corrected chi connectivity index (χ4v) is 3.98. The number of β-amino-alcohol motifs (C(OH)–C–C–N with tert-alkyl or cyclic N) is 1. The van der Waals surface area contributed by atoms with Gasteiger partial charge in [-0.05, 0) is 37.1 Å². The number of carbonyl (C=O) groups excluding carboxylic acids is 1. The van der Waals surface area contributed by atoms with Crippen molar-refractivity contribution >= 4 is 15.7 Å². The monoisotopic (exact) mass is 427 g/mol. The van der Waals surface area contributed by atoms with E-state index in [0.29, 0.717) is 48.0 Å². The number of aliphatic hydroxyl groups excluding tert-OH is 1. The molecule has 0 aliphatic carbocycles. The van der Waals surface area contributed by atoms with Crippen LogP contribution in [-0.2, 0) is 9.84 Å². The van der Waals surface area contributed by atoms with Crippen molar-refractivity contribution in [1.29, 1.82) is 0 Å². The number of nitrogens with one attached hydrogen (secondary N) is 1. The molecular weight excluding hydrogens is 406 g/mol. The highest BCUT2D eigenvalue weighted by molar-refractivity contribution is 7.90. The van der Waals surface area contributed by atoms with Crippen molar-refractivity contribution < 1.29 is 18.3 Å². The predicted octanol–water partition coefficient (Wildman–Crippen LogP) is 1.45. The number of amides is 1. The number of aromatic nitrogens is 4. The van der Waals surface area contributed by atoms with Crippen LogP contribution in [0.25, 0.3) is 22.6 Å². The lowest BCUT2D eigenvalue weighted by Gasteiger charge is -2.14. The third kappa shape index (κ3) is 3.96. The molecule has 0 aromatic carbocycles. The highest BCUT2D eigenvalue weighted by Gasteiger charge is 2.28. The first-order valence-electron chi connectivity index (χ1n) is 9.38. The molecule has 0 bridgehead atoms. The van der Waals surface area contributed by atoms with Gasteiger partial charge in [0.25, 0.3) is 5.91 Å². The van der Waals surface area contributed by atoms with Crippen molar-refractivity contribution in [2.75, 3.05) is 19.3 Å². The lowest BCUT2D eigenvalue weighted by atomic mass is 10.1. The minimum Gasteiger partial charge on any atom is -0.391 e. The van der Waals surface area contributed by atoms with Gasteiger partial charge < -0.3 is 15.0 Å². The third-order valence-corrected chi connectivity index (χ3v) is 6.09. The molecule has 30 heavy (non-hydrogen) atoms. The van der Waals surface area contributed by atoms with Gasteiger partial charge in [0.2, 0.25) is 0 Å². The standard InChI is InChI=1S/C20H21N5O4S/c1-12-18(20(27)25-6-4-15(26)11-25)24-19(23-12)17-8-13(3-5-22-17)14-7-16(10-21-9-14)30(2,28)29/h3,5,7-10,15,26H,4,6,11H2,1-2H3,(H,23,24)/t15-/m0/s1. The summed E-state index contributed by atoms with van der Waals surface area (Å²) >= 11 is 0. The molecule has 0 spiro atoms. The van der Waals surface area contributed by atoms with Gasteiger partial charge in [-0.2, -0.15) is 0 Å². The highest BCUT2D eigenvalue weighted by atomic mass is 32.2. The van der Waals surface area contributed by atoms with Crippen LogP contribution in [0, 0.1) is 6.92 Å². The van der Waals surface area contributed by atoms with Gasteiger partial charge in [0.15, 0.2) is 15.7 Å². The van der Waals surface area contributed by atoms with Crippen LogP contribution in [0.1, 0.15) is 22.6 Å². The second-order valence-corrected chi connectivity index (χ2v) is 9.38. The first-order valence-corrected chi connectivity index (χ1v) is 11.3. The molecule has 4 rings (SSSR count). The largest absolute Gasteiger partial charge is 0.391 e. The molecule has 1 atom stereocenters. The number of rotatable bonds is 4. The molecule has 3 aromatic heterocycles. The number of hydrogen-bond donors (Lipinski definition) is 2. The number of sulfone groups is 1. The summed E-state index contributed by atoms with van der Waals surface area (Å²) in [5, 5.41) is 9.68. The highest BCUT2D eigenvalue weighted by Crippen LogP contribution is 2.25. The molecule has 0 unspecified atom stereocenters. The Balaban J connectivity index is 1.66. The van der Waals surface area contributed by atoms with Crippen molar-refractivity contribution in [1.82, 2.24) is 24.8 Å². The molecule has 1 fully saturated rings. The molecule has 156 valence electrons. The summed E-state index contributed by atoms with van der Waals surface area (Å²) in [6, 6.07) is 5.07. The van der Waals surface area contributed by atoms with E-state index >= 15 is 0 Å². The molecule has 2 N–H and O–H groups in total. The van der Waals surface area contributed by atoms with Crippen LogP contribution >= 0.6 is 0 Å². The topological polar surface area (TPSA) is 129 Å². The van der Waals surface area contributed by atoms with Gasteiger partial charge in [-0.25, -0.2) is 13.4 Å². The summed E-state index contributed by atoms with van der Waals surface area (Å²) in [5.74, 6) is 0.206. The van der Waals surface area contributed by atoms with Gasteiger partial charge in [-0.1, -0.05) is 0 Å². The smallest absolute Gasteiger partial charge is 0.274 e. The van der Waals surface area contributed by atoms with Crippen LogP contribution in [0.15, 0.2) is 41.7 Å². The van der Waals surface area contributed by atoms with Crippen LogP contribution in [0.3, 0.4) is 0 Å². The van der Waals surface area contributed by atoms with E-state index in [1.165, 1.54) is 6.20 Å². The first-order chi connectivity index (χ1) is 14.2. The number of nitrogens with zero attached hydrogens (tertiary/aromatic N) is 4. The SMILES string of the molecule is Cc1[nH]c(-c2cc(-c3cncc(S(C)(=O)=O)c3)ccn2)nc1C(=O)N1CC[C@H](O)C1. The molecule has 3 aromatic rings. The van der Waals surface area contributed by atoms with Crippen molar-refractivity contribution in [2.45, 2.75) is 24.3 Å². The second kappa shape index (κ2) is 7.62. The first kappa shape index (κ1) is 20.2. The fourth-order valence-electron chi connectivity index (χ4n) is 3.39. The van der Waals surface area contributed by atoms with Crippen molar-refractivity contribution in [3.05, 3.63) is 48.2 Å². The number of aliphatic hydroxyl groups is 1. The van der Waals surface area contributed by atoms with Crippen LogP contribution in [0.5, 0.6) is 0 Å². The van der Waals surface area contributed by atoms with Crippen LogP contribution < -0.4 is 0 Å². The van der Waals surface area contributed by atoms with Crippen molar-refractivity contribution in [3.8, 4) is 22.6 Å². The summed E-state index contributed by atoms with van der Waals surface area (Å²) < 4.78 is 23.6. The summed E-state index contributed by atoms with van der Waals surface area (Å²) in [6.45, 7) is 2.57. The number of likely N-dealkylation sites (tertiary alicyclic amines) is 1. The van der Waals surface area contributed by atoms with Gasteiger partial charge in [0.05, 0.1) is 11.0 Å². The molecule has 1 amide bonds. The van der Waals surface area contributed by atoms with E-state index < -0.39 is 15.9 Å². The maximum Gasteiger partial charge on any atom is 0.274 e. The number of hydrogen-bond acceptors (Lipinski definition) is 7. The average molecular weight is 427 g/mol. The molecule has 1 aliphatic rings. The molecule has 1 aliphatic heterocycles. The third-order valence-electron chi connectivity index (χ3n) is 5.02. The number of carbonyl (C=O) groups is 1. The van der Waals surface area contributed by atoms with E-state index in [1.54, 1.807) is 42.4 Å². The predicted molar refractivity (Wildman–Crippen MR) is 109 cm³/mol. The second-order valence-electron chi connectivity index (χ2n) is 7.36. The zero-order valence-electron chi connectivity index (χ0n) is 16.5. The number of H-pyrrole nitrogens is 1. The Hall–Kier alpha value is -3.11. The van der Waals surface area contributed by atoms with Crippen molar-refractivity contribution in [3.63, 3.8) is 0 Å². The number of aromatic amines is 1. The van der Waals surface area contributed by atoms with Gasteiger partial charge in [-0.3, -0.25) is 14.8 Å². The van der Waals surface area contributed by atoms with Crippen LogP contribution in [0.2, 0.25) is 0 Å². The molecular formula is C20H21N5O4S. The lowest BCUT2D eigenvalue weighted by Crippen LogP contribution is -2.30. The normalized spacial score (nSPS) is 16.8. The minimum absolute atomic E-state index is 0.132. The zero-order chi connectivity index (χ0) is 21.5. The molecule has 1 saturated heterocycles. The molecule has 10 heteroatoms.